The normalized spacial score (nSPS) is 22.7. The molecule has 0 saturated carbocycles. The number of halogens is 1. The van der Waals surface area contributed by atoms with Gasteiger partial charge in [-0.3, -0.25) is 14.5 Å². The maximum absolute atomic E-state index is 13.7. The lowest BCUT2D eigenvalue weighted by Crippen LogP contribution is -2.55. The number of hydrogen-bond donors (Lipinski definition) is 1. The van der Waals surface area contributed by atoms with Crippen LogP contribution in [0.1, 0.15) is 12.0 Å². The minimum Gasteiger partial charge on any atom is -0.353 e. The third kappa shape index (κ3) is 3.11. The van der Waals surface area contributed by atoms with Crippen molar-refractivity contribution in [2.24, 2.45) is 0 Å². The number of nitrogens with zero attached hydrogens (tertiary/aromatic N) is 2. The maximum atomic E-state index is 13.7. The van der Waals surface area contributed by atoms with E-state index in [2.05, 4.69) is 10.2 Å². The van der Waals surface area contributed by atoms with Crippen molar-refractivity contribution in [2.75, 3.05) is 32.7 Å². The average molecular weight is 305 g/mol. The molecule has 2 aliphatic heterocycles. The molecule has 2 aliphatic rings. The van der Waals surface area contributed by atoms with Gasteiger partial charge in [0, 0.05) is 32.7 Å². The van der Waals surface area contributed by atoms with Crippen molar-refractivity contribution in [3.8, 4) is 0 Å². The Morgan fingerprint density at radius 1 is 1.23 bits per heavy atom. The zero-order valence-corrected chi connectivity index (χ0v) is 12.4. The van der Waals surface area contributed by atoms with Gasteiger partial charge in [-0.25, -0.2) is 4.39 Å². The molecule has 1 unspecified atom stereocenters. The Bertz CT molecular complexity index is 578. The van der Waals surface area contributed by atoms with Crippen LogP contribution in [0.3, 0.4) is 0 Å². The van der Waals surface area contributed by atoms with Crippen LogP contribution in [-0.4, -0.2) is 60.4 Å². The van der Waals surface area contributed by atoms with Gasteiger partial charge in [0.2, 0.25) is 11.8 Å². The van der Waals surface area contributed by atoms with E-state index in [0.29, 0.717) is 38.2 Å². The molecular weight excluding hydrogens is 285 g/mol. The Morgan fingerprint density at radius 2 is 2.05 bits per heavy atom. The summed E-state index contributed by atoms with van der Waals surface area (Å²) in [4.78, 5) is 28.2. The molecule has 5 nitrogen and oxygen atoms in total. The van der Waals surface area contributed by atoms with Crippen LogP contribution in [0, 0.1) is 5.82 Å². The highest BCUT2D eigenvalue weighted by molar-refractivity contribution is 5.83. The number of rotatable bonds is 2. The fourth-order valence-corrected chi connectivity index (χ4v) is 3.15. The first-order valence-electron chi connectivity index (χ1n) is 7.68. The molecule has 118 valence electrons. The summed E-state index contributed by atoms with van der Waals surface area (Å²) in [6, 6.07) is 6.22. The first-order chi connectivity index (χ1) is 10.6. The van der Waals surface area contributed by atoms with E-state index in [1.807, 2.05) is 0 Å². The number of hydrogen-bond acceptors (Lipinski definition) is 3. The Labute approximate surface area is 129 Å². The zero-order chi connectivity index (χ0) is 15.5. The standard InChI is InChI=1S/C16H20FN3O2/c17-13-4-2-1-3-12(13)11-15(21)20-7-5-14-16(22)18-6-8-19(14)9-10-20/h1-4,14H,5-11H2,(H,18,22). The Balaban J connectivity index is 1.64. The van der Waals surface area contributed by atoms with Crippen LogP contribution in [0.15, 0.2) is 24.3 Å². The summed E-state index contributed by atoms with van der Waals surface area (Å²) in [5, 5.41) is 2.87. The van der Waals surface area contributed by atoms with Gasteiger partial charge in [0.15, 0.2) is 0 Å². The molecule has 0 aromatic heterocycles. The number of benzene rings is 1. The summed E-state index contributed by atoms with van der Waals surface area (Å²) >= 11 is 0. The smallest absolute Gasteiger partial charge is 0.237 e. The lowest BCUT2D eigenvalue weighted by Gasteiger charge is -2.32. The van der Waals surface area contributed by atoms with Crippen LogP contribution in [0.2, 0.25) is 0 Å². The summed E-state index contributed by atoms with van der Waals surface area (Å²) in [5.74, 6) is -0.373. The Kier molecular flexibility index (Phi) is 4.38. The van der Waals surface area contributed by atoms with Crippen LogP contribution in [0.5, 0.6) is 0 Å². The molecule has 2 heterocycles. The van der Waals surface area contributed by atoms with E-state index in [1.54, 1.807) is 23.1 Å². The van der Waals surface area contributed by atoms with E-state index < -0.39 is 0 Å². The molecule has 0 bridgehead atoms. The van der Waals surface area contributed by atoms with Crippen molar-refractivity contribution in [2.45, 2.75) is 18.9 Å². The Morgan fingerprint density at radius 3 is 2.86 bits per heavy atom. The van der Waals surface area contributed by atoms with Crippen molar-refractivity contribution in [3.05, 3.63) is 35.6 Å². The SMILES string of the molecule is O=C1NCCN2CCN(C(=O)Cc3ccccc3F)CCC12. The van der Waals surface area contributed by atoms with Gasteiger partial charge in [0.25, 0.3) is 0 Å². The second kappa shape index (κ2) is 6.44. The third-order valence-electron chi connectivity index (χ3n) is 4.42. The van der Waals surface area contributed by atoms with Gasteiger partial charge in [-0.05, 0) is 18.1 Å². The van der Waals surface area contributed by atoms with E-state index in [-0.39, 0.29) is 30.1 Å². The van der Waals surface area contributed by atoms with Gasteiger partial charge in [0.05, 0.1) is 12.5 Å². The second-order valence-corrected chi connectivity index (χ2v) is 5.78. The van der Waals surface area contributed by atoms with Gasteiger partial charge < -0.3 is 10.2 Å². The number of fused-ring (bicyclic) bond motifs is 1. The van der Waals surface area contributed by atoms with Gasteiger partial charge in [0.1, 0.15) is 5.82 Å². The van der Waals surface area contributed by atoms with Crippen molar-refractivity contribution in [3.63, 3.8) is 0 Å². The van der Waals surface area contributed by atoms with E-state index >= 15 is 0 Å². The summed E-state index contributed by atoms with van der Waals surface area (Å²) in [5.41, 5.74) is 0.423. The molecule has 2 fully saturated rings. The van der Waals surface area contributed by atoms with Gasteiger partial charge in [-0.2, -0.15) is 0 Å². The number of piperazine rings is 1. The minimum atomic E-state index is -0.345. The summed E-state index contributed by atoms with van der Waals surface area (Å²) < 4.78 is 13.7. The first kappa shape index (κ1) is 15.0. The van der Waals surface area contributed by atoms with E-state index in [9.17, 15) is 14.0 Å². The van der Waals surface area contributed by atoms with E-state index in [4.69, 9.17) is 0 Å². The first-order valence-corrected chi connectivity index (χ1v) is 7.68. The largest absolute Gasteiger partial charge is 0.353 e. The lowest BCUT2D eigenvalue weighted by atomic mass is 10.1. The lowest BCUT2D eigenvalue weighted by molar-refractivity contribution is -0.131. The summed E-state index contributed by atoms with van der Waals surface area (Å²) in [6.07, 6.45) is 0.707. The molecule has 1 N–H and O–H groups in total. The van der Waals surface area contributed by atoms with Crippen molar-refractivity contribution in [1.82, 2.24) is 15.1 Å². The van der Waals surface area contributed by atoms with Crippen molar-refractivity contribution in [1.29, 1.82) is 0 Å². The molecule has 1 aromatic carbocycles. The maximum Gasteiger partial charge on any atom is 0.237 e. The van der Waals surface area contributed by atoms with Gasteiger partial charge in [-0.15, -0.1) is 0 Å². The molecule has 6 heteroatoms. The molecular formula is C16H20FN3O2. The van der Waals surface area contributed by atoms with Gasteiger partial charge in [-0.1, -0.05) is 18.2 Å². The highest BCUT2D eigenvalue weighted by Gasteiger charge is 2.33. The predicted octanol–water partition coefficient (Wildman–Crippen LogP) is 0.401. The summed E-state index contributed by atoms with van der Waals surface area (Å²) in [7, 11) is 0. The Hall–Kier alpha value is -1.95. The minimum absolute atomic E-state index is 0.0506. The summed E-state index contributed by atoms with van der Waals surface area (Å²) in [6.45, 7) is 3.32. The van der Waals surface area contributed by atoms with Crippen LogP contribution in [0.4, 0.5) is 4.39 Å². The molecule has 0 aliphatic carbocycles. The monoisotopic (exact) mass is 305 g/mol. The zero-order valence-electron chi connectivity index (χ0n) is 12.4. The topological polar surface area (TPSA) is 52.7 Å². The molecule has 0 radical (unpaired) electrons. The van der Waals surface area contributed by atoms with Gasteiger partial charge >= 0.3 is 0 Å². The molecule has 1 aromatic rings. The molecule has 22 heavy (non-hydrogen) atoms. The average Bonchev–Trinajstić information content (AvgIpc) is 2.73. The fourth-order valence-electron chi connectivity index (χ4n) is 3.15. The number of carbonyl (C=O) groups is 2. The van der Waals surface area contributed by atoms with Crippen LogP contribution in [0.25, 0.3) is 0 Å². The number of amides is 2. The van der Waals surface area contributed by atoms with Crippen molar-refractivity contribution < 1.29 is 14.0 Å². The molecule has 3 rings (SSSR count). The van der Waals surface area contributed by atoms with Crippen LogP contribution >= 0.6 is 0 Å². The third-order valence-corrected chi connectivity index (χ3v) is 4.42. The molecule has 0 spiro atoms. The second-order valence-electron chi connectivity index (χ2n) is 5.78. The van der Waals surface area contributed by atoms with E-state index in [1.165, 1.54) is 6.07 Å². The predicted molar refractivity (Wildman–Crippen MR) is 79.7 cm³/mol. The molecule has 1 atom stereocenters. The fraction of sp³-hybridized carbons (Fsp3) is 0.500. The van der Waals surface area contributed by atoms with Crippen molar-refractivity contribution >= 4 is 11.8 Å². The molecule has 2 amide bonds. The number of nitrogens with one attached hydrogen (secondary N) is 1. The van der Waals surface area contributed by atoms with Crippen LogP contribution < -0.4 is 5.32 Å². The molecule has 2 saturated heterocycles. The van der Waals surface area contributed by atoms with Crippen LogP contribution in [-0.2, 0) is 16.0 Å². The highest BCUT2D eigenvalue weighted by Crippen LogP contribution is 2.15. The van der Waals surface area contributed by atoms with E-state index in [0.717, 1.165) is 6.54 Å². The highest BCUT2D eigenvalue weighted by atomic mass is 19.1. The number of carbonyl (C=O) groups excluding carboxylic acids is 2. The quantitative estimate of drug-likeness (QED) is 0.860.